The summed E-state index contributed by atoms with van der Waals surface area (Å²) in [5.41, 5.74) is 1.71. The molecule has 0 spiro atoms. The van der Waals surface area contributed by atoms with Crippen molar-refractivity contribution < 1.29 is 14.3 Å². The van der Waals surface area contributed by atoms with Crippen LogP contribution in [0.3, 0.4) is 0 Å². The molecule has 0 saturated carbocycles. The van der Waals surface area contributed by atoms with E-state index in [0.29, 0.717) is 28.1 Å². The number of halogens is 1. The van der Waals surface area contributed by atoms with Crippen molar-refractivity contribution in [3.63, 3.8) is 0 Å². The molecule has 1 aliphatic rings. The van der Waals surface area contributed by atoms with Gasteiger partial charge >= 0.3 is 0 Å². The molecule has 1 heterocycles. The molecule has 0 aliphatic carbocycles. The van der Waals surface area contributed by atoms with Gasteiger partial charge in [-0.15, -0.1) is 0 Å². The Morgan fingerprint density at radius 3 is 2.56 bits per heavy atom. The molecule has 2 aromatic carbocycles. The lowest BCUT2D eigenvalue weighted by atomic mass is 10.2. The molecular weight excluding hydrogens is 475 g/mol. The van der Waals surface area contributed by atoms with Gasteiger partial charge in [0.2, 0.25) is 0 Å². The topological polar surface area (TPSA) is 51.1 Å². The summed E-state index contributed by atoms with van der Waals surface area (Å²) < 4.78 is 11.7. The Labute approximate surface area is 176 Å². The standard InChI is InChI=1S/C20H19IN2O3S/c1-4-23-19(24)17(27-20(23)22-14-8-6-5-7-9-14)12-13-10-15(21)18(26-3)16(11-13)25-2/h5-12H,4H2,1-3H3. The highest BCUT2D eigenvalue weighted by Gasteiger charge is 2.32. The van der Waals surface area contributed by atoms with Crippen LogP contribution in [0, 0.1) is 3.57 Å². The van der Waals surface area contributed by atoms with Crippen molar-refractivity contribution in [3.8, 4) is 11.5 Å². The van der Waals surface area contributed by atoms with E-state index in [0.717, 1.165) is 14.8 Å². The Hall–Kier alpha value is -2.00. The van der Waals surface area contributed by atoms with E-state index in [1.54, 1.807) is 19.1 Å². The minimum Gasteiger partial charge on any atom is -0.493 e. The quantitative estimate of drug-likeness (QED) is 0.437. The third kappa shape index (κ3) is 4.30. The Kier molecular flexibility index (Phi) is 6.43. The van der Waals surface area contributed by atoms with Gasteiger partial charge in [-0.2, -0.15) is 0 Å². The molecule has 140 valence electrons. The molecule has 5 nitrogen and oxygen atoms in total. The third-order valence-electron chi connectivity index (χ3n) is 3.94. The number of carbonyl (C=O) groups excluding carboxylic acids is 1. The lowest BCUT2D eigenvalue weighted by Crippen LogP contribution is -2.28. The number of likely N-dealkylation sites (N-methyl/N-ethyl adjacent to an activating group) is 1. The van der Waals surface area contributed by atoms with Crippen LogP contribution in [0.5, 0.6) is 11.5 Å². The molecule has 0 atom stereocenters. The summed E-state index contributed by atoms with van der Waals surface area (Å²) in [7, 11) is 3.21. The summed E-state index contributed by atoms with van der Waals surface area (Å²) in [5.74, 6) is 1.28. The number of thioether (sulfide) groups is 1. The number of methoxy groups -OCH3 is 2. The largest absolute Gasteiger partial charge is 0.493 e. The number of hydrogen-bond acceptors (Lipinski definition) is 5. The van der Waals surface area contributed by atoms with E-state index in [1.807, 2.05) is 55.5 Å². The van der Waals surface area contributed by atoms with E-state index in [2.05, 4.69) is 27.6 Å². The van der Waals surface area contributed by atoms with Crippen LogP contribution in [0.1, 0.15) is 12.5 Å². The van der Waals surface area contributed by atoms with Gasteiger partial charge in [0.05, 0.1) is 28.4 Å². The highest BCUT2D eigenvalue weighted by Crippen LogP contribution is 2.37. The molecule has 1 fully saturated rings. The number of benzene rings is 2. The van der Waals surface area contributed by atoms with Crippen LogP contribution in [0.4, 0.5) is 5.69 Å². The molecular formula is C20H19IN2O3S. The zero-order chi connectivity index (χ0) is 19.4. The maximum absolute atomic E-state index is 12.8. The zero-order valence-electron chi connectivity index (χ0n) is 15.2. The van der Waals surface area contributed by atoms with Crippen LogP contribution in [-0.4, -0.2) is 36.7 Å². The van der Waals surface area contributed by atoms with Crippen molar-refractivity contribution in [2.45, 2.75) is 6.92 Å². The van der Waals surface area contributed by atoms with Gasteiger partial charge in [-0.1, -0.05) is 18.2 Å². The number of amidine groups is 1. The number of aliphatic imine (C=N–C) groups is 1. The minimum atomic E-state index is -0.0398. The first kappa shape index (κ1) is 19.8. The van der Waals surface area contributed by atoms with Gasteiger partial charge in [-0.05, 0) is 77.2 Å². The van der Waals surface area contributed by atoms with Crippen LogP contribution in [-0.2, 0) is 4.79 Å². The first-order chi connectivity index (χ1) is 13.1. The van der Waals surface area contributed by atoms with Crippen molar-refractivity contribution in [1.29, 1.82) is 0 Å². The first-order valence-corrected chi connectivity index (χ1v) is 10.2. The van der Waals surface area contributed by atoms with E-state index in [9.17, 15) is 4.79 Å². The minimum absolute atomic E-state index is 0.0398. The van der Waals surface area contributed by atoms with Gasteiger partial charge in [-0.25, -0.2) is 4.99 Å². The molecule has 0 unspecified atom stereocenters. The van der Waals surface area contributed by atoms with Crippen molar-refractivity contribution >= 4 is 57.2 Å². The SMILES string of the molecule is CCN1C(=O)C(=Cc2cc(I)c(OC)c(OC)c2)SC1=Nc1ccccc1. The van der Waals surface area contributed by atoms with Gasteiger partial charge in [0, 0.05) is 6.54 Å². The number of ether oxygens (including phenoxy) is 2. The average molecular weight is 494 g/mol. The summed E-state index contributed by atoms with van der Waals surface area (Å²) in [6, 6.07) is 13.5. The van der Waals surface area contributed by atoms with Gasteiger partial charge in [0.15, 0.2) is 16.7 Å². The molecule has 1 amide bonds. The van der Waals surface area contributed by atoms with Gasteiger partial charge < -0.3 is 9.47 Å². The lowest BCUT2D eigenvalue weighted by Gasteiger charge is -2.12. The summed E-state index contributed by atoms with van der Waals surface area (Å²) in [6.07, 6.45) is 1.87. The van der Waals surface area contributed by atoms with Crippen LogP contribution in [0.25, 0.3) is 6.08 Å². The number of para-hydroxylation sites is 1. The number of amides is 1. The van der Waals surface area contributed by atoms with E-state index < -0.39 is 0 Å². The highest BCUT2D eigenvalue weighted by molar-refractivity contribution is 14.1. The van der Waals surface area contributed by atoms with Crippen molar-refractivity contribution in [1.82, 2.24) is 4.90 Å². The molecule has 2 aromatic rings. The number of nitrogens with zero attached hydrogens (tertiary/aromatic N) is 2. The van der Waals surface area contributed by atoms with Gasteiger partial charge in [0.1, 0.15) is 0 Å². The first-order valence-electron chi connectivity index (χ1n) is 8.34. The summed E-state index contributed by atoms with van der Waals surface area (Å²) in [5, 5.41) is 0.690. The Bertz CT molecular complexity index is 913. The number of hydrogen-bond donors (Lipinski definition) is 0. The molecule has 1 aliphatic heterocycles. The lowest BCUT2D eigenvalue weighted by molar-refractivity contribution is -0.122. The molecule has 27 heavy (non-hydrogen) atoms. The monoisotopic (exact) mass is 494 g/mol. The Morgan fingerprint density at radius 2 is 1.93 bits per heavy atom. The van der Waals surface area contributed by atoms with Crippen molar-refractivity contribution in [3.05, 3.63) is 56.5 Å². The zero-order valence-corrected chi connectivity index (χ0v) is 18.2. The van der Waals surface area contributed by atoms with Crippen LogP contribution in [0.2, 0.25) is 0 Å². The third-order valence-corrected chi connectivity index (χ3v) is 5.75. The van der Waals surface area contributed by atoms with Crippen molar-refractivity contribution in [2.75, 3.05) is 20.8 Å². The fraction of sp³-hybridized carbons (Fsp3) is 0.200. The summed E-state index contributed by atoms with van der Waals surface area (Å²) in [6.45, 7) is 2.51. The average Bonchev–Trinajstić information content (AvgIpc) is 2.96. The van der Waals surface area contributed by atoms with Crippen LogP contribution in [0.15, 0.2) is 52.4 Å². The molecule has 0 aromatic heterocycles. The van der Waals surface area contributed by atoms with E-state index in [4.69, 9.17) is 9.47 Å². The molecule has 0 N–H and O–H groups in total. The maximum atomic E-state index is 12.8. The predicted octanol–water partition coefficient (Wildman–Crippen LogP) is 4.93. The number of rotatable bonds is 5. The Morgan fingerprint density at radius 1 is 1.19 bits per heavy atom. The molecule has 1 saturated heterocycles. The summed E-state index contributed by atoms with van der Waals surface area (Å²) >= 11 is 3.58. The fourth-order valence-electron chi connectivity index (χ4n) is 2.66. The second-order valence-electron chi connectivity index (χ2n) is 5.63. The van der Waals surface area contributed by atoms with Crippen molar-refractivity contribution in [2.24, 2.45) is 4.99 Å². The maximum Gasteiger partial charge on any atom is 0.266 e. The summed E-state index contributed by atoms with van der Waals surface area (Å²) in [4.78, 5) is 19.8. The molecule has 7 heteroatoms. The van der Waals surface area contributed by atoms with E-state index in [-0.39, 0.29) is 5.91 Å². The molecule has 0 radical (unpaired) electrons. The molecule has 0 bridgehead atoms. The van der Waals surface area contributed by atoms with Gasteiger partial charge in [0.25, 0.3) is 5.91 Å². The van der Waals surface area contributed by atoms with Crippen LogP contribution >= 0.6 is 34.4 Å². The van der Waals surface area contributed by atoms with Crippen LogP contribution < -0.4 is 9.47 Å². The highest BCUT2D eigenvalue weighted by atomic mass is 127. The second-order valence-corrected chi connectivity index (χ2v) is 7.80. The number of carbonyl (C=O) groups is 1. The molecule has 3 rings (SSSR count). The van der Waals surface area contributed by atoms with E-state index >= 15 is 0 Å². The normalized spacial score (nSPS) is 17.0. The predicted molar refractivity (Wildman–Crippen MR) is 119 cm³/mol. The van der Waals surface area contributed by atoms with Gasteiger partial charge in [-0.3, -0.25) is 9.69 Å². The second kappa shape index (κ2) is 8.79. The Balaban J connectivity index is 1.97. The smallest absolute Gasteiger partial charge is 0.266 e. The van der Waals surface area contributed by atoms with E-state index in [1.165, 1.54) is 11.8 Å². The fourth-order valence-corrected chi connectivity index (χ4v) is 4.56.